The second-order valence-electron chi connectivity index (χ2n) is 5.73. The summed E-state index contributed by atoms with van der Waals surface area (Å²) in [7, 11) is -3.94. The quantitative estimate of drug-likeness (QED) is 0.678. The smallest absolute Gasteiger partial charge is 0.265 e. The van der Waals surface area contributed by atoms with Gasteiger partial charge in [0.1, 0.15) is 6.04 Å². The number of hydrogen-bond donors (Lipinski definition) is 0. The molecule has 0 aliphatic heterocycles. The van der Waals surface area contributed by atoms with Gasteiger partial charge in [-0.1, -0.05) is 50.2 Å². The molecule has 0 spiro atoms. The van der Waals surface area contributed by atoms with E-state index in [2.05, 4.69) is 0 Å². The lowest BCUT2D eigenvalue weighted by atomic mass is 10.0. The molecule has 2 aromatic carbocycles. The average Bonchev–Trinajstić information content (AvgIpc) is 2.62. The minimum Gasteiger partial charge on any atom is -0.279 e. The SMILES string of the molecule is CCc1cccc(CC)c1N(C(C)C(=O)Cl)S(=O)(=O)c1ccccc1. The lowest BCUT2D eigenvalue weighted by molar-refractivity contribution is -0.112. The molecule has 0 saturated carbocycles. The van der Waals surface area contributed by atoms with Crippen molar-refractivity contribution < 1.29 is 13.2 Å². The van der Waals surface area contributed by atoms with Crippen molar-refractivity contribution in [3.8, 4) is 0 Å². The van der Waals surface area contributed by atoms with Crippen molar-refractivity contribution >= 4 is 32.6 Å². The summed E-state index contributed by atoms with van der Waals surface area (Å²) in [6.07, 6.45) is 1.29. The molecule has 0 aromatic heterocycles. The summed E-state index contributed by atoms with van der Waals surface area (Å²) in [6, 6.07) is 12.8. The largest absolute Gasteiger partial charge is 0.279 e. The van der Waals surface area contributed by atoms with Crippen LogP contribution < -0.4 is 4.31 Å². The molecule has 2 aromatic rings. The molecular formula is C19H22ClNO3S. The number of sulfonamides is 1. The first-order chi connectivity index (χ1) is 11.8. The molecule has 0 radical (unpaired) electrons. The number of carbonyl (C=O) groups excluding carboxylic acids is 1. The number of aryl methyl sites for hydroxylation is 2. The number of benzene rings is 2. The fraction of sp³-hybridized carbons (Fsp3) is 0.316. The Balaban J connectivity index is 2.78. The van der Waals surface area contributed by atoms with Crippen molar-refractivity contribution in [2.45, 2.75) is 44.6 Å². The fourth-order valence-corrected chi connectivity index (χ4v) is 4.69. The van der Waals surface area contributed by atoms with E-state index in [-0.39, 0.29) is 4.90 Å². The van der Waals surface area contributed by atoms with Crippen molar-refractivity contribution in [3.63, 3.8) is 0 Å². The Morgan fingerprint density at radius 3 is 1.96 bits per heavy atom. The van der Waals surface area contributed by atoms with Gasteiger partial charge in [0.25, 0.3) is 10.0 Å². The summed E-state index contributed by atoms with van der Waals surface area (Å²) in [5.41, 5.74) is 2.28. The molecule has 25 heavy (non-hydrogen) atoms. The topological polar surface area (TPSA) is 54.5 Å². The molecule has 1 unspecified atom stereocenters. The molecule has 0 heterocycles. The van der Waals surface area contributed by atoms with Crippen LogP contribution in [0.3, 0.4) is 0 Å². The van der Waals surface area contributed by atoms with Crippen molar-refractivity contribution in [2.75, 3.05) is 4.31 Å². The van der Waals surface area contributed by atoms with E-state index >= 15 is 0 Å². The highest BCUT2D eigenvalue weighted by Crippen LogP contribution is 2.34. The van der Waals surface area contributed by atoms with E-state index in [1.807, 2.05) is 32.0 Å². The third-order valence-electron chi connectivity index (χ3n) is 4.17. The first-order valence-corrected chi connectivity index (χ1v) is 10.1. The Bertz CT molecular complexity index is 828. The van der Waals surface area contributed by atoms with E-state index in [1.54, 1.807) is 18.2 Å². The zero-order valence-electron chi connectivity index (χ0n) is 14.6. The molecule has 0 N–H and O–H groups in total. The van der Waals surface area contributed by atoms with Crippen LogP contribution in [0.15, 0.2) is 53.4 Å². The van der Waals surface area contributed by atoms with Crippen LogP contribution in [-0.4, -0.2) is 19.7 Å². The summed E-state index contributed by atoms with van der Waals surface area (Å²) in [6.45, 7) is 5.43. The number of nitrogens with zero attached hydrogens (tertiary/aromatic N) is 1. The number of rotatable bonds is 7. The first-order valence-electron chi connectivity index (χ1n) is 8.24. The molecule has 6 heteroatoms. The van der Waals surface area contributed by atoms with Crippen LogP contribution in [0.25, 0.3) is 0 Å². The fourth-order valence-electron chi connectivity index (χ4n) is 2.82. The maximum Gasteiger partial charge on any atom is 0.265 e. The molecule has 0 saturated heterocycles. The highest BCUT2D eigenvalue weighted by molar-refractivity contribution is 7.93. The Hall–Kier alpha value is -1.85. The number of halogens is 1. The third kappa shape index (κ3) is 3.88. The van der Waals surface area contributed by atoms with Crippen LogP contribution in [0.1, 0.15) is 31.9 Å². The van der Waals surface area contributed by atoms with Gasteiger partial charge in [-0.15, -0.1) is 0 Å². The molecular weight excluding hydrogens is 358 g/mol. The molecule has 0 aliphatic carbocycles. The van der Waals surface area contributed by atoms with Gasteiger partial charge in [0.15, 0.2) is 0 Å². The zero-order chi connectivity index (χ0) is 18.6. The number of anilines is 1. The van der Waals surface area contributed by atoms with Gasteiger partial charge in [-0.05, 0) is 54.6 Å². The van der Waals surface area contributed by atoms with E-state index in [4.69, 9.17) is 11.6 Å². The molecule has 0 aliphatic rings. The molecule has 2 rings (SSSR count). The van der Waals surface area contributed by atoms with Crippen LogP contribution >= 0.6 is 11.6 Å². The van der Waals surface area contributed by atoms with Crippen molar-refractivity contribution in [1.82, 2.24) is 0 Å². The van der Waals surface area contributed by atoms with Gasteiger partial charge < -0.3 is 0 Å². The van der Waals surface area contributed by atoms with Gasteiger partial charge in [-0.3, -0.25) is 9.10 Å². The monoisotopic (exact) mass is 379 g/mol. The van der Waals surface area contributed by atoms with E-state index < -0.39 is 21.3 Å². The van der Waals surface area contributed by atoms with E-state index in [0.717, 1.165) is 11.1 Å². The second kappa shape index (κ2) is 8.02. The predicted octanol–water partition coefficient (Wildman–Crippen LogP) is 4.16. The second-order valence-corrected chi connectivity index (χ2v) is 7.91. The molecule has 1 atom stereocenters. The Labute approximate surface area is 154 Å². The molecule has 0 bridgehead atoms. The van der Waals surface area contributed by atoms with E-state index in [0.29, 0.717) is 18.5 Å². The van der Waals surface area contributed by atoms with Crippen LogP contribution in [0, 0.1) is 0 Å². The standard InChI is InChI=1S/C19H22ClNO3S/c1-4-15-10-9-11-16(5-2)18(15)21(14(3)19(20)22)25(23,24)17-12-7-6-8-13-17/h6-14H,4-5H2,1-3H3. The van der Waals surface area contributed by atoms with E-state index in [9.17, 15) is 13.2 Å². The number of hydrogen-bond acceptors (Lipinski definition) is 3. The zero-order valence-corrected chi connectivity index (χ0v) is 16.1. The molecule has 0 fully saturated rings. The Morgan fingerprint density at radius 1 is 1.00 bits per heavy atom. The summed E-state index contributed by atoms with van der Waals surface area (Å²) in [4.78, 5) is 12.0. The lowest BCUT2D eigenvalue weighted by Crippen LogP contribution is -2.43. The van der Waals surface area contributed by atoms with Gasteiger partial charge >= 0.3 is 0 Å². The average molecular weight is 380 g/mol. The minimum absolute atomic E-state index is 0.132. The predicted molar refractivity (Wildman–Crippen MR) is 102 cm³/mol. The Morgan fingerprint density at radius 2 is 1.52 bits per heavy atom. The van der Waals surface area contributed by atoms with Gasteiger partial charge in [0.05, 0.1) is 10.6 Å². The van der Waals surface area contributed by atoms with Crippen molar-refractivity contribution in [3.05, 3.63) is 59.7 Å². The highest BCUT2D eigenvalue weighted by atomic mass is 35.5. The van der Waals surface area contributed by atoms with Gasteiger partial charge in [-0.2, -0.15) is 0 Å². The maximum absolute atomic E-state index is 13.3. The number of carbonyl (C=O) groups is 1. The van der Waals surface area contributed by atoms with Crippen LogP contribution in [0.4, 0.5) is 5.69 Å². The van der Waals surface area contributed by atoms with Crippen LogP contribution in [0.5, 0.6) is 0 Å². The van der Waals surface area contributed by atoms with Gasteiger partial charge in [-0.25, -0.2) is 8.42 Å². The maximum atomic E-state index is 13.3. The Kier molecular flexibility index (Phi) is 6.25. The summed E-state index contributed by atoms with van der Waals surface area (Å²) in [5.74, 6) is 0. The number of para-hydroxylation sites is 1. The normalized spacial score (nSPS) is 12.6. The van der Waals surface area contributed by atoms with E-state index in [1.165, 1.54) is 23.4 Å². The molecule has 0 amide bonds. The van der Waals surface area contributed by atoms with Gasteiger partial charge in [0, 0.05) is 0 Å². The van der Waals surface area contributed by atoms with Crippen molar-refractivity contribution in [1.29, 1.82) is 0 Å². The third-order valence-corrected chi connectivity index (χ3v) is 6.37. The summed E-state index contributed by atoms with van der Waals surface area (Å²) >= 11 is 5.71. The van der Waals surface area contributed by atoms with Crippen LogP contribution in [-0.2, 0) is 27.7 Å². The molecule has 4 nitrogen and oxygen atoms in total. The summed E-state index contributed by atoms with van der Waals surface area (Å²) in [5, 5.41) is -0.715. The first kappa shape index (κ1) is 19.5. The van der Waals surface area contributed by atoms with Crippen LogP contribution in [0.2, 0.25) is 0 Å². The van der Waals surface area contributed by atoms with Gasteiger partial charge in [0.2, 0.25) is 5.24 Å². The lowest BCUT2D eigenvalue weighted by Gasteiger charge is -2.32. The minimum atomic E-state index is -3.94. The summed E-state index contributed by atoms with van der Waals surface area (Å²) < 4.78 is 27.8. The highest BCUT2D eigenvalue weighted by Gasteiger charge is 2.34. The van der Waals surface area contributed by atoms with Crippen molar-refractivity contribution in [2.24, 2.45) is 0 Å². The molecule has 134 valence electrons.